The zero-order valence-electron chi connectivity index (χ0n) is 9.39. The van der Waals surface area contributed by atoms with Crippen molar-refractivity contribution in [2.75, 3.05) is 6.26 Å². The standard InChI is InChI=1S/C12H9Cl2NO2S/c1-18(16,17)12-3-2-8(13)6-10(12)9-4-5-15-7-11(9)14/h2-7H,1H3. The quantitative estimate of drug-likeness (QED) is 0.853. The maximum atomic E-state index is 11.7. The average molecular weight is 302 g/mol. The molecule has 0 amide bonds. The number of rotatable bonds is 2. The van der Waals surface area contributed by atoms with Gasteiger partial charge in [0.2, 0.25) is 0 Å². The highest BCUT2D eigenvalue weighted by atomic mass is 35.5. The lowest BCUT2D eigenvalue weighted by Crippen LogP contribution is -2.00. The van der Waals surface area contributed by atoms with Crippen LogP contribution in [0.5, 0.6) is 0 Å². The van der Waals surface area contributed by atoms with Crippen molar-refractivity contribution in [1.82, 2.24) is 4.98 Å². The maximum Gasteiger partial charge on any atom is 0.176 e. The van der Waals surface area contributed by atoms with E-state index in [9.17, 15) is 8.42 Å². The number of benzene rings is 1. The summed E-state index contributed by atoms with van der Waals surface area (Å²) in [5.74, 6) is 0. The summed E-state index contributed by atoms with van der Waals surface area (Å²) in [6, 6.07) is 6.25. The number of nitrogens with zero attached hydrogens (tertiary/aromatic N) is 1. The van der Waals surface area contributed by atoms with Crippen molar-refractivity contribution in [1.29, 1.82) is 0 Å². The SMILES string of the molecule is CS(=O)(=O)c1ccc(Cl)cc1-c1ccncc1Cl. The molecule has 0 atom stereocenters. The predicted octanol–water partition coefficient (Wildman–Crippen LogP) is 3.46. The molecule has 94 valence electrons. The number of hydrogen-bond acceptors (Lipinski definition) is 3. The number of halogens is 2. The molecule has 2 rings (SSSR count). The first-order chi connectivity index (χ1) is 8.39. The van der Waals surface area contributed by atoms with Crippen LogP contribution in [0.3, 0.4) is 0 Å². The van der Waals surface area contributed by atoms with Crippen LogP contribution in [-0.4, -0.2) is 19.7 Å². The fourth-order valence-corrected chi connectivity index (χ4v) is 2.91. The molecule has 6 heteroatoms. The molecule has 2 aromatic rings. The summed E-state index contributed by atoms with van der Waals surface area (Å²) in [4.78, 5) is 4.06. The Labute approximate surface area is 115 Å². The highest BCUT2D eigenvalue weighted by Crippen LogP contribution is 2.33. The highest BCUT2D eigenvalue weighted by Gasteiger charge is 2.16. The van der Waals surface area contributed by atoms with Gasteiger partial charge in [0.25, 0.3) is 0 Å². The third kappa shape index (κ3) is 2.66. The molecule has 0 aliphatic carbocycles. The van der Waals surface area contributed by atoms with E-state index in [2.05, 4.69) is 4.98 Å². The second-order valence-electron chi connectivity index (χ2n) is 3.77. The minimum atomic E-state index is -3.35. The van der Waals surface area contributed by atoms with Crippen molar-refractivity contribution in [3.05, 3.63) is 46.7 Å². The highest BCUT2D eigenvalue weighted by molar-refractivity contribution is 7.90. The fourth-order valence-electron chi connectivity index (χ4n) is 1.63. The summed E-state index contributed by atoms with van der Waals surface area (Å²) in [6.45, 7) is 0. The molecule has 1 aromatic heterocycles. The van der Waals surface area contributed by atoms with Crippen molar-refractivity contribution in [2.24, 2.45) is 0 Å². The normalized spacial score (nSPS) is 11.5. The molecule has 0 saturated carbocycles. The van der Waals surface area contributed by atoms with Gasteiger partial charge in [-0.25, -0.2) is 8.42 Å². The topological polar surface area (TPSA) is 47.0 Å². The molecule has 0 aliphatic rings. The van der Waals surface area contributed by atoms with Gasteiger partial charge < -0.3 is 0 Å². The zero-order valence-corrected chi connectivity index (χ0v) is 11.7. The van der Waals surface area contributed by atoms with Gasteiger partial charge in [0.15, 0.2) is 9.84 Å². The van der Waals surface area contributed by atoms with Crippen molar-refractivity contribution < 1.29 is 8.42 Å². The van der Waals surface area contributed by atoms with E-state index in [0.717, 1.165) is 6.26 Å². The monoisotopic (exact) mass is 301 g/mol. The summed E-state index contributed by atoms with van der Waals surface area (Å²) in [6.07, 6.45) is 4.16. The van der Waals surface area contributed by atoms with Crippen LogP contribution in [0.25, 0.3) is 11.1 Å². The Bertz CT molecular complexity index is 699. The third-order valence-corrected chi connectivity index (χ3v) is 4.09. The van der Waals surface area contributed by atoms with E-state index >= 15 is 0 Å². The Hall–Kier alpha value is -1.10. The Kier molecular flexibility index (Phi) is 3.61. The molecule has 0 spiro atoms. The van der Waals surface area contributed by atoms with Gasteiger partial charge >= 0.3 is 0 Å². The molecule has 0 saturated heterocycles. The zero-order chi connectivity index (χ0) is 13.3. The molecule has 3 nitrogen and oxygen atoms in total. The minimum absolute atomic E-state index is 0.194. The Morgan fingerprint density at radius 3 is 2.44 bits per heavy atom. The van der Waals surface area contributed by atoms with Gasteiger partial charge in [-0.1, -0.05) is 23.2 Å². The van der Waals surface area contributed by atoms with E-state index in [1.54, 1.807) is 18.3 Å². The first-order valence-corrected chi connectivity index (χ1v) is 7.64. The molecule has 0 fully saturated rings. The third-order valence-electron chi connectivity index (χ3n) is 2.40. The Balaban J connectivity index is 2.79. The lowest BCUT2D eigenvalue weighted by molar-refractivity contribution is 0.602. The van der Waals surface area contributed by atoms with Crippen LogP contribution in [0.15, 0.2) is 41.6 Å². The van der Waals surface area contributed by atoms with Crippen LogP contribution in [-0.2, 0) is 9.84 Å². The lowest BCUT2D eigenvalue weighted by Gasteiger charge is -2.10. The average Bonchev–Trinajstić information content (AvgIpc) is 2.27. The largest absolute Gasteiger partial charge is 0.263 e. The molecule has 18 heavy (non-hydrogen) atoms. The van der Waals surface area contributed by atoms with Gasteiger partial charge in [-0.15, -0.1) is 0 Å². The van der Waals surface area contributed by atoms with Gasteiger partial charge in [-0.05, 0) is 24.3 Å². The molecule has 0 radical (unpaired) electrons. The fraction of sp³-hybridized carbons (Fsp3) is 0.0833. The van der Waals surface area contributed by atoms with E-state index in [0.29, 0.717) is 21.2 Å². The second-order valence-corrected chi connectivity index (χ2v) is 6.60. The maximum absolute atomic E-state index is 11.7. The first-order valence-electron chi connectivity index (χ1n) is 4.99. The van der Waals surface area contributed by atoms with E-state index in [1.165, 1.54) is 18.3 Å². The second kappa shape index (κ2) is 4.88. The van der Waals surface area contributed by atoms with Crippen molar-refractivity contribution >= 4 is 33.0 Å². The number of aromatic nitrogens is 1. The Morgan fingerprint density at radius 2 is 1.83 bits per heavy atom. The first kappa shape index (κ1) is 13.3. The van der Waals surface area contributed by atoms with E-state index in [4.69, 9.17) is 23.2 Å². The smallest absolute Gasteiger partial charge is 0.176 e. The molecule has 0 bridgehead atoms. The Morgan fingerprint density at radius 1 is 1.11 bits per heavy atom. The van der Waals surface area contributed by atoms with Gasteiger partial charge in [0.05, 0.1) is 9.92 Å². The molecule has 1 heterocycles. The molecular weight excluding hydrogens is 293 g/mol. The van der Waals surface area contributed by atoms with E-state index in [-0.39, 0.29) is 4.90 Å². The van der Waals surface area contributed by atoms with Crippen molar-refractivity contribution in [3.8, 4) is 11.1 Å². The molecule has 0 unspecified atom stereocenters. The van der Waals surface area contributed by atoms with Crippen LogP contribution in [0.1, 0.15) is 0 Å². The lowest BCUT2D eigenvalue weighted by atomic mass is 10.1. The van der Waals surface area contributed by atoms with Crippen LogP contribution >= 0.6 is 23.2 Å². The summed E-state index contributed by atoms with van der Waals surface area (Å²) in [5, 5.41) is 0.829. The molecule has 0 N–H and O–H groups in total. The number of pyridine rings is 1. The van der Waals surface area contributed by atoms with Crippen molar-refractivity contribution in [2.45, 2.75) is 4.90 Å². The predicted molar refractivity (Wildman–Crippen MR) is 72.8 cm³/mol. The molecule has 0 aliphatic heterocycles. The number of hydrogen-bond donors (Lipinski definition) is 0. The van der Waals surface area contributed by atoms with Gasteiger partial charge in [-0.3, -0.25) is 4.98 Å². The van der Waals surface area contributed by atoms with Crippen LogP contribution < -0.4 is 0 Å². The molecule has 1 aromatic carbocycles. The summed E-state index contributed by atoms with van der Waals surface area (Å²) >= 11 is 11.9. The van der Waals surface area contributed by atoms with Crippen LogP contribution in [0, 0.1) is 0 Å². The number of sulfone groups is 1. The van der Waals surface area contributed by atoms with Crippen LogP contribution in [0.2, 0.25) is 10.0 Å². The molecular formula is C12H9Cl2NO2S. The van der Waals surface area contributed by atoms with Crippen molar-refractivity contribution in [3.63, 3.8) is 0 Å². The van der Waals surface area contributed by atoms with Crippen LogP contribution in [0.4, 0.5) is 0 Å². The summed E-state index contributed by atoms with van der Waals surface area (Å²) in [5.41, 5.74) is 1.08. The van der Waals surface area contributed by atoms with E-state index < -0.39 is 9.84 Å². The van der Waals surface area contributed by atoms with Gasteiger partial charge in [0.1, 0.15) is 0 Å². The summed E-state index contributed by atoms with van der Waals surface area (Å²) in [7, 11) is -3.35. The van der Waals surface area contributed by atoms with Gasteiger partial charge in [-0.2, -0.15) is 0 Å². The minimum Gasteiger partial charge on any atom is -0.263 e. The summed E-state index contributed by atoms with van der Waals surface area (Å²) < 4.78 is 23.5. The van der Waals surface area contributed by atoms with E-state index in [1.807, 2.05) is 0 Å². The van der Waals surface area contributed by atoms with Gasteiger partial charge in [0, 0.05) is 34.8 Å².